The summed E-state index contributed by atoms with van der Waals surface area (Å²) in [5.74, 6) is 1.07. The molecule has 0 radical (unpaired) electrons. The van der Waals surface area contributed by atoms with Crippen molar-refractivity contribution < 1.29 is 8.42 Å². The highest BCUT2D eigenvalue weighted by Gasteiger charge is 2.16. The van der Waals surface area contributed by atoms with Crippen LogP contribution in [0.3, 0.4) is 0 Å². The molecule has 0 atom stereocenters. The molecule has 0 fully saturated rings. The van der Waals surface area contributed by atoms with E-state index in [0.717, 1.165) is 33.2 Å². The third-order valence-electron chi connectivity index (χ3n) is 3.86. The molecule has 2 heterocycles. The quantitative estimate of drug-likeness (QED) is 0.665. The molecule has 1 aromatic heterocycles. The van der Waals surface area contributed by atoms with Crippen LogP contribution in [-0.2, 0) is 16.6 Å². The van der Waals surface area contributed by atoms with Crippen LogP contribution in [0.5, 0.6) is 0 Å². The van der Waals surface area contributed by atoms with E-state index in [9.17, 15) is 8.42 Å². The van der Waals surface area contributed by atoms with Crippen molar-refractivity contribution in [3.63, 3.8) is 0 Å². The Hall–Kier alpha value is -1.77. The van der Waals surface area contributed by atoms with Gasteiger partial charge >= 0.3 is 0 Å². The molecule has 128 valence electrons. The molecule has 5 nitrogen and oxygen atoms in total. The zero-order valence-electron chi connectivity index (χ0n) is 13.0. The molecule has 0 aliphatic carbocycles. The first-order chi connectivity index (χ1) is 12.0. The summed E-state index contributed by atoms with van der Waals surface area (Å²) in [6.45, 7) is 0.984. The maximum Gasteiger partial charge on any atom is 0.261 e. The Labute approximate surface area is 158 Å². The molecule has 1 aliphatic rings. The lowest BCUT2D eigenvalue weighted by molar-refractivity contribution is 0.601. The zero-order valence-corrected chi connectivity index (χ0v) is 16.2. The van der Waals surface area contributed by atoms with E-state index >= 15 is 0 Å². The summed E-state index contributed by atoms with van der Waals surface area (Å²) in [6.07, 6.45) is 2.04. The van der Waals surface area contributed by atoms with Gasteiger partial charge in [0.1, 0.15) is 0 Å². The number of thioether (sulfide) groups is 1. The molecule has 0 saturated heterocycles. The first-order valence-electron chi connectivity index (χ1n) is 7.60. The second kappa shape index (κ2) is 6.51. The molecule has 0 unspecified atom stereocenters. The molecule has 0 bridgehead atoms. The third-order valence-corrected chi connectivity index (χ3v) is 6.76. The predicted octanol–water partition coefficient (Wildman–Crippen LogP) is 4.22. The maximum atomic E-state index is 12.4. The number of rotatable bonds is 4. The second-order valence-electron chi connectivity index (χ2n) is 5.59. The van der Waals surface area contributed by atoms with Crippen LogP contribution in [0, 0.1) is 0 Å². The smallest absolute Gasteiger partial charge is 0.261 e. The van der Waals surface area contributed by atoms with Crippen LogP contribution in [0.4, 0.5) is 5.69 Å². The van der Waals surface area contributed by atoms with Crippen molar-refractivity contribution in [2.75, 3.05) is 10.5 Å². The van der Waals surface area contributed by atoms with Crippen molar-refractivity contribution in [3.8, 4) is 11.3 Å². The normalized spacial score (nSPS) is 13.6. The van der Waals surface area contributed by atoms with Gasteiger partial charge in [0.25, 0.3) is 10.0 Å². The van der Waals surface area contributed by atoms with Crippen molar-refractivity contribution in [1.29, 1.82) is 0 Å². The van der Waals surface area contributed by atoms with Crippen molar-refractivity contribution in [2.45, 2.75) is 16.6 Å². The number of benzene rings is 2. The van der Waals surface area contributed by atoms with E-state index < -0.39 is 10.0 Å². The van der Waals surface area contributed by atoms with Crippen LogP contribution >= 0.6 is 27.7 Å². The first-order valence-corrected chi connectivity index (χ1v) is 10.9. The van der Waals surface area contributed by atoms with Crippen LogP contribution < -0.4 is 4.72 Å². The summed E-state index contributed by atoms with van der Waals surface area (Å²) in [5.41, 5.74) is 2.39. The van der Waals surface area contributed by atoms with Crippen LogP contribution in [0.2, 0.25) is 0 Å². The van der Waals surface area contributed by atoms with Gasteiger partial charge in [-0.05, 0) is 36.4 Å². The van der Waals surface area contributed by atoms with Crippen LogP contribution in [-0.4, -0.2) is 23.7 Å². The van der Waals surface area contributed by atoms with Gasteiger partial charge in [0.05, 0.1) is 10.6 Å². The van der Waals surface area contributed by atoms with Crippen molar-refractivity contribution in [3.05, 3.63) is 59.2 Å². The van der Waals surface area contributed by atoms with E-state index in [1.165, 1.54) is 0 Å². The average molecular weight is 436 g/mol. The van der Waals surface area contributed by atoms with Crippen LogP contribution in [0.15, 0.2) is 69.3 Å². The number of halogens is 1. The number of anilines is 1. The van der Waals surface area contributed by atoms with Crippen LogP contribution in [0.1, 0.15) is 0 Å². The van der Waals surface area contributed by atoms with Gasteiger partial charge in [-0.2, -0.15) is 0 Å². The minimum atomic E-state index is -3.60. The minimum absolute atomic E-state index is 0.224. The molecule has 4 rings (SSSR count). The van der Waals surface area contributed by atoms with E-state index in [4.69, 9.17) is 0 Å². The third kappa shape index (κ3) is 3.47. The van der Waals surface area contributed by atoms with Gasteiger partial charge in [0, 0.05) is 34.2 Å². The monoisotopic (exact) mass is 435 g/mol. The molecule has 25 heavy (non-hydrogen) atoms. The lowest BCUT2D eigenvalue weighted by Crippen LogP contribution is -2.12. The highest BCUT2D eigenvalue weighted by atomic mass is 79.9. The first kappa shape index (κ1) is 16.7. The summed E-state index contributed by atoms with van der Waals surface area (Å²) in [7, 11) is -3.60. The molecule has 0 amide bonds. The summed E-state index contributed by atoms with van der Waals surface area (Å²) in [4.78, 5) is 4.83. The SMILES string of the molecule is O=S(=O)(Nc1ccc(-c2cn3c(n2)SCC3)cc1)c1ccc(Br)cc1. The van der Waals surface area contributed by atoms with E-state index in [2.05, 4.69) is 30.2 Å². The highest BCUT2D eigenvalue weighted by molar-refractivity contribution is 9.10. The van der Waals surface area contributed by atoms with Gasteiger partial charge in [-0.1, -0.05) is 39.8 Å². The Kier molecular flexibility index (Phi) is 4.35. The Bertz CT molecular complexity index is 992. The van der Waals surface area contributed by atoms with E-state index in [0.29, 0.717) is 5.69 Å². The number of fused-ring (bicyclic) bond motifs is 1. The molecule has 8 heteroatoms. The fourth-order valence-electron chi connectivity index (χ4n) is 2.59. The van der Waals surface area contributed by atoms with Crippen molar-refractivity contribution >= 4 is 43.4 Å². The summed E-state index contributed by atoms with van der Waals surface area (Å²) >= 11 is 5.05. The van der Waals surface area contributed by atoms with Gasteiger partial charge in [-0.3, -0.25) is 4.72 Å². The van der Waals surface area contributed by atoms with E-state index in [-0.39, 0.29) is 4.90 Å². The molecule has 2 aromatic carbocycles. The van der Waals surface area contributed by atoms with E-state index in [1.807, 2.05) is 18.3 Å². The van der Waals surface area contributed by atoms with Gasteiger partial charge in [-0.15, -0.1) is 0 Å². The summed E-state index contributed by atoms with van der Waals surface area (Å²) in [6, 6.07) is 13.8. The molecule has 1 aliphatic heterocycles. The maximum absolute atomic E-state index is 12.4. The highest BCUT2D eigenvalue weighted by Crippen LogP contribution is 2.29. The minimum Gasteiger partial charge on any atom is -0.325 e. The lowest BCUT2D eigenvalue weighted by atomic mass is 10.1. The molecule has 3 aromatic rings. The standard InChI is InChI=1S/C17H14BrN3O2S2/c18-13-3-7-15(8-4-13)25(22,23)20-14-5-1-12(2-6-14)16-11-21-9-10-24-17(21)19-16/h1-8,11,20H,9-10H2. The largest absolute Gasteiger partial charge is 0.325 e. The number of aromatic nitrogens is 2. The van der Waals surface area contributed by atoms with Gasteiger partial charge in [0.2, 0.25) is 0 Å². The van der Waals surface area contributed by atoms with Crippen molar-refractivity contribution in [1.82, 2.24) is 9.55 Å². The Balaban J connectivity index is 1.54. The van der Waals surface area contributed by atoms with Crippen LogP contribution in [0.25, 0.3) is 11.3 Å². The number of nitrogens with one attached hydrogen (secondary N) is 1. The van der Waals surface area contributed by atoms with E-state index in [1.54, 1.807) is 48.2 Å². The predicted molar refractivity (Wildman–Crippen MR) is 103 cm³/mol. The second-order valence-corrected chi connectivity index (χ2v) is 9.25. The fourth-order valence-corrected chi connectivity index (χ4v) is 4.85. The molecule has 0 spiro atoms. The molecular weight excluding hydrogens is 422 g/mol. The van der Waals surface area contributed by atoms with Gasteiger partial charge < -0.3 is 4.57 Å². The number of sulfonamides is 1. The topological polar surface area (TPSA) is 64.0 Å². The Morgan fingerprint density at radius 1 is 1.08 bits per heavy atom. The molecular formula is C17H14BrN3O2S2. The number of imidazole rings is 1. The number of hydrogen-bond donors (Lipinski definition) is 1. The number of nitrogens with zero attached hydrogens (tertiary/aromatic N) is 2. The zero-order chi connectivity index (χ0) is 17.4. The number of hydrogen-bond acceptors (Lipinski definition) is 4. The van der Waals surface area contributed by atoms with Gasteiger partial charge in [0.15, 0.2) is 5.16 Å². The van der Waals surface area contributed by atoms with Crippen molar-refractivity contribution in [2.24, 2.45) is 0 Å². The van der Waals surface area contributed by atoms with Gasteiger partial charge in [-0.25, -0.2) is 13.4 Å². The molecule has 1 N–H and O–H groups in total. The average Bonchev–Trinajstić information content (AvgIpc) is 3.17. The summed E-state index contributed by atoms with van der Waals surface area (Å²) in [5, 5.41) is 1.04. The molecule has 0 saturated carbocycles. The fraction of sp³-hybridized carbons (Fsp3) is 0.118. The lowest BCUT2D eigenvalue weighted by Gasteiger charge is -2.08. The Morgan fingerprint density at radius 3 is 2.48 bits per heavy atom. The number of aryl methyl sites for hydroxylation is 1. The summed E-state index contributed by atoms with van der Waals surface area (Å²) < 4.78 is 30.4. The Morgan fingerprint density at radius 2 is 1.80 bits per heavy atom.